The molecule has 154 valence electrons. The fraction of sp³-hybridized carbons (Fsp3) is 0.526. The van der Waals surface area contributed by atoms with E-state index in [9.17, 15) is 10.0 Å². The Hall–Kier alpha value is -1.84. The van der Waals surface area contributed by atoms with E-state index in [2.05, 4.69) is 10.4 Å². The van der Waals surface area contributed by atoms with Gasteiger partial charge in [0.1, 0.15) is 0 Å². The van der Waals surface area contributed by atoms with Crippen LogP contribution in [-0.2, 0) is 0 Å². The van der Waals surface area contributed by atoms with Crippen LogP contribution in [0.25, 0.3) is 0 Å². The van der Waals surface area contributed by atoms with Gasteiger partial charge >= 0.3 is 6.03 Å². The Balaban J connectivity index is 2.17. The van der Waals surface area contributed by atoms with Gasteiger partial charge in [0, 0.05) is 26.3 Å². The van der Waals surface area contributed by atoms with Gasteiger partial charge in [0.2, 0.25) is 0 Å². The molecule has 28 heavy (non-hydrogen) atoms. The van der Waals surface area contributed by atoms with Gasteiger partial charge in [-0.15, -0.1) is 0 Å². The first-order valence-electron chi connectivity index (χ1n) is 9.27. The second-order valence-corrected chi connectivity index (χ2v) is 9.64. The number of rotatable bonds is 7. The van der Waals surface area contributed by atoms with Crippen molar-refractivity contribution in [3.05, 3.63) is 29.8 Å². The van der Waals surface area contributed by atoms with Gasteiger partial charge in [0.05, 0.1) is 11.0 Å². The van der Waals surface area contributed by atoms with Crippen molar-refractivity contribution < 1.29 is 10.0 Å². The second-order valence-electron chi connectivity index (χ2n) is 7.35. The van der Waals surface area contributed by atoms with E-state index >= 15 is 0 Å². The number of hydroxylamine groups is 2. The largest absolute Gasteiger partial charge is 0.378 e. The molecule has 1 aromatic carbocycles. The lowest BCUT2D eigenvalue weighted by Crippen LogP contribution is -2.55. The van der Waals surface area contributed by atoms with Crippen LogP contribution in [0.4, 0.5) is 10.5 Å². The molecular formula is C19H29N5O2S2. The number of carbonyl (C=O) groups is 1. The molecule has 1 fully saturated rings. The number of unbranched alkanes of at least 4 members (excludes halogenated alkanes) is 1. The molecule has 0 spiro atoms. The normalized spacial score (nSPS) is 18.6. The maximum atomic E-state index is 12.3. The summed E-state index contributed by atoms with van der Waals surface area (Å²) >= 11 is 6.86. The number of hydrogen-bond acceptors (Lipinski definition) is 6. The summed E-state index contributed by atoms with van der Waals surface area (Å²) in [5, 5.41) is 20.0. The summed E-state index contributed by atoms with van der Waals surface area (Å²) in [6, 6.07) is 7.37. The van der Waals surface area contributed by atoms with E-state index in [0.717, 1.165) is 24.1 Å². The lowest BCUT2D eigenvalue weighted by atomic mass is 10.1. The molecule has 1 atom stereocenters. The molecule has 0 radical (unpaired) electrons. The van der Waals surface area contributed by atoms with E-state index in [1.54, 1.807) is 6.21 Å². The summed E-state index contributed by atoms with van der Waals surface area (Å²) < 4.78 is -0.00313. The molecule has 0 aliphatic carbocycles. The zero-order valence-electron chi connectivity index (χ0n) is 17.0. The van der Waals surface area contributed by atoms with Crippen molar-refractivity contribution >= 4 is 46.2 Å². The van der Waals surface area contributed by atoms with Crippen molar-refractivity contribution in [2.75, 3.05) is 25.5 Å². The number of thiocarbonyl (C=S) groups is 1. The van der Waals surface area contributed by atoms with Crippen LogP contribution in [0, 0.1) is 0 Å². The Labute approximate surface area is 176 Å². The predicted molar refractivity (Wildman–Crippen MR) is 120 cm³/mol. The van der Waals surface area contributed by atoms with E-state index in [-0.39, 0.29) is 0 Å². The van der Waals surface area contributed by atoms with Crippen LogP contribution >= 0.6 is 24.0 Å². The van der Waals surface area contributed by atoms with Crippen LogP contribution in [0.5, 0.6) is 0 Å². The maximum absolute atomic E-state index is 12.3. The first-order chi connectivity index (χ1) is 13.2. The monoisotopic (exact) mass is 423 g/mol. The van der Waals surface area contributed by atoms with Gasteiger partial charge in [-0.1, -0.05) is 49.5 Å². The van der Waals surface area contributed by atoms with Crippen LogP contribution in [0.3, 0.4) is 0 Å². The van der Waals surface area contributed by atoms with Gasteiger partial charge in [-0.3, -0.25) is 5.21 Å². The summed E-state index contributed by atoms with van der Waals surface area (Å²) in [5.74, 6) is 0. The van der Waals surface area contributed by atoms with Crippen molar-refractivity contribution in [3.8, 4) is 0 Å². The zero-order chi connectivity index (χ0) is 20.9. The molecular weight excluding hydrogens is 394 g/mol. The minimum atomic E-state index is -0.705. The molecule has 9 heteroatoms. The minimum Gasteiger partial charge on any atom is -0.378 e. The van der Waals surface area contributed by atoms with E-state index < -0.39 is 16.9 Å². The second kappa shape index (κ2) is 9.58. The number of hydrogen-bond donors (Lipinski definition) is 2. The quantitative estimate of drug-likeness (QED) is 0.229. The minimum absolute atomic E-state index is 0.511. The highest BCUT2D eigenvalue weighted by molar-refractivity contribution is 8.24. The van der Waals surface area contributed by atoms with Crippen molar-refractivity contribution in [3.63, 3.8) is 0 Å². The number of benzene rings is 1. The summed E-state index contributed by atoms with van der Waals surface area (Å²) in [6.07, 6.45) is 2.79. The molecule has 0 saturated carbocycles. The average molecular weight is 424 g/mol. The van der Waals surface area contributed by atoms with Gasteiger partial charge in [0.25, 0.3) is 0 Å². The number of anilines is 1. The lowest BCUT2D eigenvalue weighted by molar-refractivity contribution is -0.118. The number of hydrazone groups is 1. The molecule has 1 aliphatic heterocycles. The summed E-state index contributed by atoms with van der Waals surface area (Å²) in [7, 11) is 3.97. The fourth-order valence-electron chi connectivity index (χ4n) is 2.78. The van der Waals surface area contributed by atoms with E-state index in [1.807, 2.05) is 64.0 Å². The molecule has 0 unspecified atom stereocenters. The number of nitrogens with zero attached hydrogens (tertiary/aromatic N) is 4. The van der Waals surface area contributed by atoms with Crippen LogP contribution in [0.1, 0.15) is 39.2 Å². The van der Waals surface area contributed by atoms with Gasteiger partial charge in [0.15, 0.2) is 10.5 Å². The highest BCUT2D eigenvalue weighted by atomic mass is 32.2. The van der Waals surface area contributed by atoms with Crippen LogP contribution in [-0.4, -0.2) is 63.4 Å². The molecule has 2 N–H and O–H groups in total. The number of amides is 2. The third kappa shape index (κ3) is 5.36. The topological polar surface area (TPSA) is 71.4 Å². The highest BCUT2D eigenvalue weighted by Gasteiger charge is 2.49. The van der Waals surface area contributed by atoms with Crippen molar-refractivity contribution in [2.24, 2.45) is 5.10 Å². The molecule has 1 heterocycles. The number of nitrogens with one attached hydrogen (secondary N) is 1. The van der Waals surface area contributed by atoms with Crippen molar-refractivity contribution in [1.82, 2.24) is 15.4 Å². The summed E-state index contributed by atoms with van der Waals surface area (Å²) in [5.41, 5.74) is 1.99. The molecule has 0 bridgehead atoms. The Morgan fingerprint density at radius 3 is 2.61 bits per heavy atom. The summed E-state index contributed by atoms with van der Waals surface area (Å²) in [4.78, 5) is 14.4. The molecule has 7 nitrogen and oxygen atoms in total. The number of urea groups is 1. The zero-order valence-corrected chi connectivity index (χ0v) is 18.7. The SMILES string of the molecule is CCCCNC(=O)N(O)[C@@H]1N(/N=C\c2ccc(N(C)C)cc2)C(=S)SC1(C)C. The van der Waals surface area contributed by atoms with Crippen LogP contribution in [0.15, 0.2) is 29.4 Å². The standard InChI is InChI=1S/C19H29N5O2S2/c1-6-7-12-20-17(25)24(26)16-19(2,3)28-18(27)23(16)21-13-14-8-10-15(11-9-14)22(4)5/h8-11,13,16,26H,6-7,12H2,1-5H3,(H,20,25)/b21-13-/t16-/m0/s1. The first-order valence-corrected chi connectivity index (χ1v) is 10.5. The molecule has 1 saturated heterocycles. The predicted octanol–water partition coefficient (Wildman–Crippen LogP) is 3.73. The Bertz CT molecular complexity index is 722. The molecule has 2 rings (SSSR count). The molecule has 2 amide bonds. The Morgan fingerprint density at radius 1 is 1.39 bits per heavy atom. The van der Waals surface area contributed by atoms with Crippen LogP contribution in [0.2, 0.25) is 0 Å². The highest BCUT2D eigenvalue weighted by Crippen LogP contribution is 2.42. The molecule has 1 aromatic rings. The Morgan fingerprint density at radius 2 is 2.04 bits per heavy atom. The Kier molecular flexibility index (Phi) is 7.68. The first kappa shape index (κ1) is 22.4. The van der Waals surface area contributed by atoms with Crippen molar-refractivity contribution in [2.45, 2.75) is 44.5 Å². The average Bonchev–Trinajstić information content (AvgIpc) is 2.87. The van der Waals surface area contributed by atoms with E-state index in [4.69, 9.17) is 12.2 Å². The van der Waals surface area contributed by atoms with Gasteiger partial charge in [-0.05, 0) is 38.0 Å². The smallest absolute Gasteiger partial charge is 0.343 e. The van der Waals surface area contributed by atoms with Gasteiger partial charge in [-0.25, -0.2) is 9.80 Å². The lowest BCUT2D eigenvalue weighted by Gasteiger charge is -2.34. The third-order valence-corrected chi connectivity index (χ3v) is 5.91. The van der Waals surface area contributed by atoms with Crippen LogP contribution < -0.4 is 10.2 Å². The maximum Gasteiger partial charge on any atom is 0.343 e. The third-order valence-electron chi connectivity index (χ3n) is 4.38. The summed E-state index contributed by atoms with van der Waals surface area (Å²) in [6.45, 7) is 6.41. The number of thioether (sulfide) groups is 1. The number of carbonyl (C=O) groups excluding carboxylic acids is 1. The van der Waals surface area contributed by atoms with Gasteiger partial charge < -0.3 is 10.2 Å². The van der Waals surface area contributed by atoms with Crippen molar-refractivity contribution in [1.29, 1.82) is 0 Å². The van der Waals surface area contributed by atoms with Gasteiger partial charge in [-0.2, -0.15) is 10.2 Å². The fourth-order valence-corrected chi connectivity index (χ4v) is 4.57. The van der Waals surface area contributed by atoms with E-state index in [1.165, 1.54) is 16.8 Å². The van der Waals surface area contributed by atoms with E-state index in [0.29, 0.717) is 15.9 Å². The molecule has 0 aromatic heterocycles. The molecule has 1 aliphatic rings.